The van der Waals surface area contributed by atoms with Crippen LogP contribution in [-0.2, 0) is 0 Å². The summed E-state index contributed by atoms with van der Waals surface area (Å²) in [5.41, 5.74) is 7.40. The molecule has 0 atom stereocenters. The number of ether oxygens (including phenoxy) is 1. The normalized spacial score (nSPS) is 15.4. The van der Waals surface area contributed by atoms with E-state index in [-0.39, 0.29) is 6.10 Å². The van der Waals surface area contributed by atoms with E-state index in [4.69, 9.17) is 10.5 Å². The van der Waals surface area contributed by atoms with Crippen molar-refractivity contribution >= 4 is 22.4 Å². The third kappa shape index (κ3) is 4.13. The highest BCUT2D eigenvalue weighted by Gasteiger charge is 2.14. The zero-order valence-corrected chi connectivity index (χ0v) is 12.6. The van der Waals surface area contributed by atoms with Gasteiger partial charge < -0.3 is 15.8 Å². The average molecular weight is 281 g/mol. The van der Waals surface area contributed by atoms with Crippen molar-refractivity contribution in [3.8, 4) is 5.75 Å². The van der Waals surface area contributed by atoms with Crippen LogP contribution in [0.25, 0.3) is 0 Å². The van der Waals surface area contributed by atoms with E-state index in [1.807, 2.05) is 13.8 Å². The Hall–Kier alpha value is -1.23. The molecule has 106 valence electrons. The first kappa shape index (κ1) is 14.2. The Labute approximate surface area is 119 Å². The smallest absolute Gasteiger partial charge is 0.197 e. The molecular weight excluding hydrogens is 258 g/mol. The topological polar surface area (TPSA) is 60.2 Å². The Kier molecular flexibility index (Phi) is 5.07. The molecule has 1 aromatic heterocycles. The summed E-state index contributed by atoms with van der Waals surface area (Å²) in [6, 6.07) is 0. The summed E-state index contributed by atoms with van der Waals surface area (Å²) in [6.45, 7) is 4.91. The number of rotatable bonds is 6. The Morgan fingerprint density at radius 2 is 2.32 bits per heavy atom. The number of nitrogen functional groups attached to an aromatic ring is 1. The first-order valence-corrected chi connectivity index (χ1v) is 7.77. The molecule has 1 aliphatic carbocycles. The molecule has 0 fully saturated rings. The Morgan fingerprint density at radius 1 is 1.47 bits per heavy atom. The van der Waals surface area contributed by atoms with E-state index in [0.29, 0.717) is 11.6 Å². The number of anilines is 2. The van der Waals surface area contributed by atoms with Crippen molar-refractivity contribution in [3.05, 3.63) is 11.6 Å². The van der Waals surface area contributed by atoms with Gasteiger partial charge in [-0.3, -0.25) is 0 Å². The summed E-state index contributed by atoms with van der Waals surface area (Å²) in [5.74, 6) is 1.19. The summed E-state index contributed by atoms with van der Waals surface area (Å²) >= 11 is 1.37. The van der Waals surface area contributed by atoms with Crippen LogP contribution in [0.2, 0.25) is 0 Å². The van der Waals surface area contributed by atoms with Crippen molar-refractivity contribution < 1.29 is 4.74 Å². The molecule has 0 aromatic carbocycles. The third-order valence-corrected chi connectivity index (χ3v) is 3.94. The molecule has 19 heavy (non-hydrogen) atoms. The highest BCUT2D eigenvalue weighted by molar-refractivity contribution is 7.11. The molecule has 0 bridgehead atoms. The predicted octanol–water partition coefficient (Wildman–Crippen LogP) is 3.81. The fourth-order valence-corrected chi connectivity index (χ4v) is 2.90. The molecule has 4 nitrogen and oxygen atoms in total. The SMILES string of the molecule is CC(C)Oc1c(N)nsc1NCCC1=CCCCC1. The van der Waals surface area contributed by atoms with Gasteiger partial charge >= 0.3 is 0 Å². The van der Waals surface area contributed by atoms with Crippen molar-refractivity contribution in [2.75, 3.05) is 17.6 Å². The van der Waals surface area contributed by atoms with Gasteiger partial charge in [-0.15, -0.1) is 0 Å². The zero-order valence-electron chi connectivity index (χ0n) is 11.7. The van der Waals surface area contributed by atoms with E-state index in [1.54, 1.807) is 5.57 Å². The van der Waals surface area contributed by atoms with Gasteiger partial charge in [-0.05, 0) is 57.5 Å². The zero-order chi connectivity index (χ0) is 13.7. The Balaban J connectivity index is 1.87. The molecule has 0 saturated carbocycles. The lowest BCUT2D eigenvalue weighted by Gasteiger charge is -2.14. The van der Waals surface area contributed by atoms with Gasteiger partial charge in [-0.25, -0.2) is 0 Å². The van der Waals surface area contributed by atoms with Crippen LogP contribution in [0, 0.1) is 0 Å². The predicted molar refractivity (Wildman–Crippen MR) is 81.9 cm³/mol. The molecule has 0 saturated heterocycles. The molecular formula is C14H23N3OS. The van der Waals surface area contributed by atoms with E-state index < -0.39 is 0 Å². The monoisotopic (exact) mass is 281 g/mol. The Bertz CT molecular complexity index is 440. The van der Waals surface area contributed by atoms with Gasteiger partial charge in [0.1, 0.15) is 0 Å². The lowest BCUT2D eigenvalue weighted by atomic mass is 9.97. The van der Waals surface area contributed by atoms with Crippen molar-refractivity contribution in [2.24, 2.45) is 0 Å². The fraction of sp³-hybridized carbons (Fsp3) is 0.643. The number of allylic oxidation sites excluding steroid dienone is 1. The van der Waals surface area contributed by atoms with Crippen molar-refractivity contribution in [2.45, 2.75) is 52.1 Å². The molecule has 1 heterocycles. The molecule has 3 N–H and O–H groups in total. The second-order valence-corrected chi connectivity index (χ2v) is 5.95. The molecule has 0 radical (unpaired) electrons. The standard InChI is InChI=1S/C14H23N3OS/c1-10(2)18-12-13(15)17-19-14(12)16-9-8-11-6-4-3-5-7-11/h6,10,16H,3-5,7-9H2,1-2H3,(H2,15,17). The molecule has 0 amide bonds. The lowest BCUT2D eigenvalue weighted by Crippen LogP contribution is -2.09. The van der Waals surface area contributed by atoms with Crippen molar-refractivity contribution in [1.82, 2.24) is 4.37 Å². The van der Waals surface area contributed by atoms with Gasteiger partial charge in [-0.1, -0.05) is 11.6 Å². The largest absolute Gasteiger partial charge is 0.484 e. The maximum absolute atomic E-state index is 5.83. The highest BCUT2D eigenvalue weighted by atomic mass is 32.1. The van der Waals surface area contributed by atoms with Crippen LogP contribution in [0.4, 0.5) is 10.8 Å². The molecule has 1 aliphatic rings. The maximum Gasteiger partial charge on any atom is 0.197 e. The molecule has 1 aromatic rings. The van der Waals surface area contributed by atoms with E-state index >= 15 is 0 Å². The summed E-state index contributed by atoms with van der Waals surface area (Å²) in [4.78, 5) is 0. The van der Waals surface area contributed by atoms with Crippen LogP contribution in [0.5, 0.6) is 5.75 Å². The minimum absolute atomic E-state index is 0.111. The summed E-state index contributed by atoms with van der Waals surface area (Å²) < 4.78 is 9.86. The van der Waals surface area contributed by atoms with E-state index in [9.17, 15) is 0 Å². The third-order valence-electron chi connectivity index (χ3n) is 3.14. The van der Waals surface area contributed by atoms with E-state index in [1.165, 1.54) is 37.2 Å². The van der Waals surface area contributed by atoms with E-state index in [0.717, 1.165) is 18.0 Å². The van der Waals surface area contributed by atoms with Gasteiger partial charge in [0.05, 0.1) is 6.10 Å². The summed E-state index contributed by atoms with van der Waals surface area (Å²) in [6.07, 6.45) is 8.76. The molecule has 0 aliphatic heterocycles. The number of aromatic nitrogens is 1. The molecule has 0 spiro atoms. The van der Waals surface area contributed by atoms with E-state index in [2.05, 4.69) is 15.8 Å². The van der Waals surface area contributed by atoms with Crippen LogP contribution < -0.4 is 15.8 Å². The summed E-state index contributed by atoms with van der Waals surface area (Å²) in [7, 11) is 0. The number of nitrogens with two attached hydrogens (primary N) is 1. The van der Waals surface area contributed by atoms with Crippen LogP contribution >= 0.6 is 11.5 Å². The lowest BCUT2D eigenvalue weighted by molar-refractivity contribution is 0.245. The van der Waals surface area contributed by atoms with Gasteiger partial charge in [0.25, 0.3) is 0 Å². The fourth-order valence-electron chi connectivity index (χ4n) is 2.22. The summed E-state index contributed by atoms with van der Waals surface area (Å²) in [5, 5.41) is 4.34. The number of nitrogens with zero attached hydrogens (tertiary/aromatic N) is 1. The van der Waals surface area contributed by atoms with Crippen LogP contribution in [0.3, 0.4) is 0 Å². The number of hydrogen-bond donors (Lipinski definition) is 2. The van der Waals surface area contributed by atoms with Crippen molar-refractivity contribution in [3.63, 3.8) is 0 Å². The quantitative estimate of drug-likeness (QED) is 0.778. The van der Waals surface area contributed by atoms with Crippen LogP contribution in [0.1, 0.15) is 46.0 Å². The van der Waals surface area contributed by atoms with Crippen LogP contribution in [-0.4, -0.2) is 17.0 Å². The second kappa shape index (κ2) is 6.80. The minimum atomic E-state index is 0.111. The Morgan fingerprint density at radius 3 is 3.00 bits per heavy atom. The molecule has 2 rings (SSSR count). The van der Waals surface area contributed by atoms with Crippen molar-refractivity contribution in [1.29, 1.82) is 0 Å². The first-order valence-electron chi connectivity index (χ1n) is 7.00. The minimum Gasteiger partial charge on any atom is -0.484 e. The second-order valence-electron chi connectivity index (χ2n) is 5.18. The average Bonchev–Trinajstić information content (AvgIpc) is 2.72. The molecule has 0 unspecified atom stereocenters. The van der Waals surface area contributed by atoms with Crippen LogP contribution in [0.15, 0.2) is 11.6 Å². The maximum atomic E-state index is 5.83. The van der Waals surface area contributed by atoms with Gasteiger partial charge in [0.15, 0.2) is 16.6 Å². The first-order chi connectivity index (χ1) is 9.16. The number of nitrogens with one attached hydrogen (secondary N) is 1. The van der Waals surface area contributed by atoms with Gasteiger partial charge in [-0.2, -0.15) is 4.37 Å². The van der Waals surface area contributed by atoms with Gasteiger partial charge in [0.2, 0.25) is 0 Å². The highest BCUT2D eigenvalue weighted by Crippen LogP contribution is 2.36. The van der Waals surface area contributed by atoms with Gasteiger partial charge in [0, 0.05) is 6.54 Å². The number of hydrogen-bond acceptors (Lipinski definition) is 5. The molecule has 5 heteroatoms.